The first-order valence-corrected chi connectivity index (χ1v) is 9.12. The molecule has 1 amide bonds. The van der Waals surface area contributed by atoms with Crippen molar-refractivity contribution in [2.45, 2.75) is 26.0 Å². The molecule has 0 aliphatic carbocycles. The van der Waals surface area contributed by atoms with E-state index in [-0.39, 0.29) is 18.6 Å². The largest absolute Gasteiger partial charge is 0.490 e. The minimum absolute atomic E-state index is 0.180. The Morgan fingerprint density at radius 1 is 1.25 bits per heavy atom. The minimum atomic E-state index is -0.180. The molecule has 0 fully saturated rings. The molecule has 1 atom stereocenters. The van der Waals surface area contributed by atoms with Crippen LogP contribution in [0.25, 0.3) is 22.4 Å². The second kappa shape index (κ2) is 6.53. The molecular weight excluding hydrogens is 356 g/mol. The second-order valence-corrected chi connectivity index (χ2v) is 6.95. The third kappa shape index (κ3) is 3.00. The summed E-state index contributed by atoms with van der Waals surface area (Å²) in [6.07, 6.45) is 2.73. The number of H-pyrrole nitrogens is 1. The third-order valence-corrected chi connectivity index (χ3v) is 4.86. The topological polar surface area (TPSA) is 93.0 Å². The molecule has 3 heterocycles. The van der Waals surface area contributed by atoms with Gasteiger partial charge in [0.15, 0.2) is 5.76 Å². The number of carbonyl (C=O) groups is 1. The van der Waals surface area contributed by atoms with Crippen LogP contribution in [0.3, 0.4) is 0 Å². The van der Waals surface area contributed by atoms with E-state index in [4.69, 9.17) is 9.26 Å². The van der Waals surface area contributed by atoms with Crippen LogP contribution in [0.1, 0.15) is 28.5 Å². The van der Waals surface area contributed by atoms with Gasteiger partial charge in [-0.05, 0) is 36.8 Å². The van der Waals surface area contributed by atoms with Crippen LogP contribution < -0.4 is 10.1 Å². The Bertz CT molecular complexity index is 1180. The number of amides is 1. The van der Waals surface area contributed by atoms with Crippen molar-refractivity contribution in [3.63, 3.8) is 0 Å². The molecule has 5 rings (SSSR count). The molecule has 0 saturated heterocycles. The van der Waals surface area contributed by atoms with Gasteiger partial charge in [-0.1, -0.05) is 17.3 Å². The average Bonchev–Trinajstić information content (AvgIpc) is 3.43. The quantitative estimate of drug-likeness (QED) is 0.570. The van der Waals surface area contributed by atoms with Gasteiger partial charge >= 0.3 is 0 Å². The smallest absolute Gasteiger partial charge is 0.251 e. The molecular formula is C21H18N4O3. The summed E-state index contributed by atoms with van der Waals surface area (Å²) in [5, 5.41) is 6.93. The van der Waals surface area contributed by atoms with Crippen LogP contribution in [0.4, 0.5) is 0 Å². The van der Waals surface area contributed by atoms with Gasteiger partial charge in [0.1, 0.15) is 17.5 Å². The highest BCUT2D eigenvalue weighted by Crippen LogP contribution is 2.33. The summed E-state index contributed by atoms with van der Waals surface area (Å²) in [6.45, 7) is 2.33. The van der Waals surface area contributed by atoms with E-state index in [1.165, 1.54) is 5.56 Å². The molecule has 0 radical (unpaired) electrons. The van der Waals surface area contributed by atoms with Crippen molar-refractivity contribution in [1.29, 1.82) is 0 Å². The number of hydrogen-bond acceptors (Lipinski definition) is 5. The fourth-order valence-electron chi connectivity index (χ4n) is 3.44. The van der Waals surface area contributed by atoms with Crippen molar-refractivity contribution in [3.8, 4) is 17.1 Å². The summed E-state index contributed by atoms with van der Waals surface area (Å²) in [4.78, 5) is 19.6. The number of imidazole rings is 1. The number of hydrogen-bond donors (Lipinski definition) is 2. The van der Waals surface area contributed by atoms with Crippen LogP contribution in [-0.2, 0) is 13.0 Å². The maximum atomic E-state index is 12.4. The predicted molar refractivity (Wildman–Crippen MR) is 103 cm³/mol. The Morgan fingerprint density at radius 3 is 3.11 bits per heavy atom. The zero-order chi connectivity index (χ0) is 19.1. The zero-order valence-corrected chi connectivity index (χ0v) is 15.2. The van der Waals surface area contributed by atoms with Gasteiger partial charge in [0, 0.05) is 23.6 Å². The van der Waals surface area contributed by atoms with Crippen molar-refractivity contribution in [3.05, 3.63) is 65.6 Å². The first-order valence-electron chi connectivity index (χ1n) is 9.12. The van der Waals surface area contributed by atoms with E-state index in [9.17, 15) is 4.79 Å². The van der Waals surface area contributed by atoms with Gasteiger partial charge in [-0.2, -0.15) is 0 Å². The van der Waals surface area contributed by atoms with Gasteiger partial charge in [-0.15, -0.1) is 0 Å². The molecule has 0 saturated carbocycles. The Morgan fingerprint density at radius 2 is 2.18 bits per heavy atom. The van der Waals surface area contributed by atoms with Crippen molar-refractivity contribution in [2.75, 3.05) is 0 Å². The van der Waals surface area contributed by atoms with Crippen molar-refractivity contribution in [2.24, 2.45) is 0 Å². The number of carbonyl (C=O) groups excluding carboxylic acids is 1. The van der Waals surface area contributed by atoms with Crippen LogP contribution >= 0.6 is 0 Å². The lowest BCUT2D eigenvalue weighted by Crippen LogP contribution is -2.22. The number of nitrogens with one attached hydrogen (secondary N) is 2. The standard InChI is InChI=1S/C21H18N4O3/c1-12-6-13-2-3-14(8-19(13)27-12)20-9-16(25-28-20)10-22-21(26)15-4-5-17-18(7-15)24-11-23-17/h2-5,7-9,11-12H,6,10H2,1H3,(H,22,26)(H,23,24). The van der Waals surface area contributed by atoms with Crippen molar-refractivity contribution in [1.82, 2.24) is 20.4 Å². The number of aromatic nitrogens is 3. The van der Waals surface area contributed by atoms with Gasteiger partial charge < -0.3 is 19.6 Å². The molecule has 4 aromatic rings. The Kier molecular flexibility index (Phi) is 3.86. The van der Waals surface area contributed by atoms with Gasteiger partial charge in [0.05, 0.1) is 23.9 Å². The molecule has 7 heteroatoms. The molecule has 1 aliphatic rings. The highest BCUT2D eigenvalue weighted by Gasteiger charge is 2.20. The van der Waals surface area contributed by atoms with E-state index in [2.05, 4.69) is 33.4 Å². The first-order chi connectivity index (χ1) is 13.7. The molecule has 7 nitrogen and oxygen atoms in total. The normalized spacial score (nSPS) is 15.4. The summed E-state index contributed by atoms with van der Waals surface area (Å²) in [6, 6.07) is 13.2. The van der Waals surface area contributed by atoms with Crippen LogP contribution in [-0.4, -0.2) is 27.1 Å². The minimum Gasteiger partial charge on any atom is -0.490 e. The summed E-state index contributed by atoms with van der Waals surface area (Å²) in [5.74, 6) is 1.36. The predicted octanol–water partition coefficient (Wildman–Crippen LogP) is 3.47. The maximum absolute atomic E-state index is 12.4. The maximum Gasteiger partial charge on any atom is 0.251 e. The summed E-state index contributed by atoms with van der Waals surface area (Å²) in [5.41, 5.74) is 4.97. The third-order valence-electron chi connectivity index (χ3n) is 4.86. The van der Waals surface area contributed by atoms with Crippen molar-refractivity contribution < 1.29 is 14.1 Å². The van der Waals surface area contributed by atoms with Crippen LogP contribution in [0.2, 0.25) is 0 Å². The molecule has 1 unspecified atom stereocenters. The average molecular weight is 374 g/mol. The molecule has 2 aromatic heterocycles. The number of nitrogens with zero attached hydrogens (tertiary/aromatic N) is 2. The zero-order valence-electron chi connectivity index (χ0n) is 15.2. The lowest BCUT2D eigenvalue weighted by molar-refractivity contribution is 0.0950. The Balaban J connectivity index is 1.28. The van der Waals surface area contributed by atoms with E-state index in [1.807, 2.05) is 24.3 Å². The van der Waals surface area contributed by atoms with Gasteiger partial charge in [-0.25, -0.2) is 4.98 Å². The molecule has 1 aliphatic heterocycles. The highest BCUT2D eigenvalue weighted by molar-refractivity contribution is 5.97. The SMILES string of the molecule is CC1Cc2ccc(-c3cc(CNC(=O)c4ccc5nc[nH]c5c4)no3)cc2O1. The van der Waals surface area contributed by atoms with E-state index in [0.29, 0.717) is 17.0 Å². The molecule has 0 spiro atoms. The number of ether oxygens (including phenoxy) is 1. The van der Waals surface area contributed by atoms with Crippen LogP contribution in [0.5, 0.6) is 5.75 Å². The van der Waals surface area contributed by atoms with Crippen LogP contribution in [0, 0.1) is 0 Å². The molecule has 140 valence electrons. The van der Waals surface area contributed by atoms with Crippen LogP contribution in [0.15, 0.2) is 53.3 Å². The monoisotopic (exact) mass is 374 g/mol. The van der Waals surface area contributed by atoms with Gasteiger partial charge in [0.2, 0.25) is 0 Å². The first kappa shape index (κ1) is 16.6. The Hall–Kier alpha value is -3.61. The Labute approximate surface area is 160 Å². The second-order valence-electron chi connectivity index (χ2n) is 6.95. The molecule has 28 heavy (non-hydrogen) atoms. The molecule has 2 aromatic carbocycles. The lowest BCUT2D eigenvalue weighted by Gasteiger charge is -2.03. The summed E-state index contributed by atoms with van der Waals surface area (Å²) in [7, 11) is 0. The number of rotatable bonds is 4. The number of benzene rings is 2. The summed E-state index contributed by atoms with van der Waals surface area (Å²) < 4.78 is 11.3. The van der Waals surface area contributed by atoms with Crippen molar-refractivity contribution >= 4 is 16.9 Å². The van der Waals surface area contributed by atoms with Gasteiger partial charge in [-0.3, -0.25) is 4.79 Å². The molecule has 2 N–H and O–H groups in total. The van der Waals surface area contributed by atoms with E-state index in [1.54, 1.807) is 18.5 Å². The van der Waals surface area contributed by atoms with E-state index >= 15 is 0 Å². The summed E-state index contributed by atoms with van der Waals surface area (Å²) >= 11 is 0. The number of fused-ring (bicyclic) bond motifs is 2. The van der Waals surface area contributed by atoms with E-state index < -0.39 is 0 Å². The molecule has 0 bridgehead atoms. The lowest BCUT2D eigenvalue weighted by atomic mass is 10.1. The fraction of sp³-hybridized carbons (Fsp3) is 0.190. The van der Waals surface area contributed by atoms with E-state index in [0.717, 1.165) is 28.8 Å². The number of aromatic amines is 1. The fourth-order valence-corrected chi connectivity index (χ4v) is 3.44. The highest BCUT2D eigenvalue weighted by atomic mass is 16.5. The van der Waals surface area contributed by atoms with Gasteiger partial charge in [0.25, 0.3) is 5.91 Å².